The molecule has 0 saturated carbocycles. The van der Waals surface area contributed by atoms with Crippen LogP contribution in [0.15, 0.2) is 48.5 Å². The number of anilines is 1. The van der Waals surface area contributed by atoms with Gasteiger partial charge in [-0.3, -0.25) is 9.59 Å². The predicted octanol–water partition coefficient (Wildman–Crippen LogP) is 3.38. The van der Waals surface area contributed by atoms with Crippen molar-refractivity contribution in [2.75, 3.05) is 5.32 Å². The van der Waals surface area contributed by atoms with Crippen LogP contribution in [-0.4, -0.2) is 11.7 Å². The van der Waals surface area contributed by atoms with Gasteiger partial charge in [-0.2, -0.15) is 0 Å². The molecule has 0 bridgehead atoms. The fourth-order valence-corrected chi connectivity index (χ4v) is 2.03. The van der Waals surface area contributed by atoms with Crippen molar-refractivity contribution in [3.8, 4) is 0 Å². The molecule has 0 aliphatic heterocycles. The van der Waals surface area contributed by atoms with Gasteiger partial charge in [0.05, 0.1) is 6.42 Å². The lowest BCUT2D eigenvalue weighted by Gasteiger charge is -2.07. The van der Waals surface area contributed by atoms with E-state index < -0.39 is 0 Å². The van der Waals surface area contributed by atoms with E-state index in [4.69, 9.17) is 0 Å². The molecule has 0 atom stereocenters. The Morgan fingerprint density at radius 1 is 1.05 bits per heavy atom. The SMILES string of the molecule is CC(=O)c1cccc(NC(=O)Cc2cccc(C)c2)c1. The summed E-state index contributed by atoms with van der Waals surface area (Å²) in [5.74, 6) is -0.101. The Balaban J connectivity index is 2.04. The highest BCUT2D eigenvalue weighted by Gasteiger charge is 2.06. The molecule has 3 heteroatoms. The molecule has 0 aliphatic rings. The largest absolute Gasteiger partial charge is 0.326 e. The van der Waals surface area contributed by atoms with Gasteiger partial charge < -0.3 is 5.32 Å². The Kier molecular flexibility index (Phi) is 4.31. The molecule has 1 N–H and O–H groups in total. The van der Waals surface area contributed by atoms with E-state index in [0.29, 0.717) is 17.7 Å². The second kappa shape index (κ2) is 6.15. The first-order valence-electron chi connectivity index (χ1n) is 6.51. The lowest BCUT2D eigenvalue weighted by molar-refractivity contribution is -0.115. The van der Waals surface area contributed by atoms with Gasteiger partial charge in [0.25, 0.3) is 0 Å². The Hall–Kier alpha value is -2.42. The smallest absolute Gasteiger partial charge is 0.228 e. The predicted molar refractivity (Wildman–Crippen MR) is 80.0 cm³/mol. The number of Topliss-reactive ketones (excluding diaryl/α,β-unsaturated/α-hetero) is 1. The molecule has 0 unspecified atom stereocenters. The van der Waals surface area contributed by atoms with Crippen LogP contribution in [-0.2, 0) is 11.2 Å². The molecule has 2 aromatic carbocycles. The van der Waals surface area contributed by atoms with Crippen LogP contribution in [0.3, 0.4) is 0 Å². The van der Waals surface area contributed by atoms with Gasteiger partial charge >= 0.3 is 0 Å². The molecule has 20 heavy (non-hydrogen) atoms. The number of amides is 1. The molecule has 3 nitrogen and oxygen atoms in total. The first kappa shape index (κ1) is 14.0. The van der Waals surface area contributed by atoms with Crippen LogP contribution in [0.25, 0.3) is 0 Å². The summed E-state index contributed by atoms with van der Waals surface area (Å²) in [6.45, 7) is 3.51. The third kappa shape index (κ3) is 3.79. The van der Waals surface area contributed by atoms with Gasteiger partial charge in [0, 0.05) is 11.3 Å². The number of hydrogen-bond donors (Lipinski definition) is 1. The summed E-state index contributed by atoms with van der Waals surface area (Å²) >= 11 is 0. The number of nitrogens with one attached hydrogen (secondary N) is 1. The van der Waals surface area contributed by atoms with Crippen LogP contribution in [0, 0.1) is 6.92 Å². The van der Waals surface area contributed by atoms with Crippen molar-refractivity contribution < 1.29 is 9.59 Å². The van der Waals surface area contributed by atoms with Gasteiger partial charge in [-0.05, 0) is 31.5 Å². The van der Waals surface area contributed by atoms with Crippen molar-refractivity contribution in [1.29, 1.82) is 0 Å². The van der Waals surface area contributed by atoms with Crippen LogP contribution in [0.2, 0.25) is 0 Å². The highest BCUT2D eigenvalue weighted by molar-refractivity contribution is 5.97. The van der Waals surface area contributed by atoms with Gasteiger partial charge in [-0.25, -0.2) is 0 Å². The van der Waals surface area contributed by atoms with Crippen molar-refractivity contribution in [2.45, 2.75) is 20.3 Å². The fraction of sp³-hybridized carbons (Fsp3) is 0.176. The molecular formula is C17H17NO2. The molecule has 2 aromatic rings. The van der Waals surface area contributed by atoms with E-state index in [-0.39, 0.29) is 11.7 Å². The van der Waals surface area contributed by atoms with Crippen LogP contribution >= 0.6 is 0 Å². The van der Waals surface area contributed by atoms with Gasteiger partial charge in [-0.15, -0.1) is 0 Å². The summed E-state index contributed by atoms with van der Waals surface area (Å²) in [5, 5.41) is 2.81. The van der Waals surface area contributed by atoms with Crippen LogP contribution in [0.1, 0.15) is 28.4 Å². The van der Waals surface area contributed by atoms with E-state index in [1.54, 1.807) is 24.3 Å². The van der Waals surface area contributed by atoms with Gasteiger partial charge in [0.2, 0.25) is 5.91 Å². The highest BCUT2D eigenvalue weighted by Crippen LogP contribution is 2.12. The minimum atomic E-state index is -0.0868. The molecule has 0 aliphatic carbocycles. The number of hydrogen-bond acceptors (Lipinski definition) is 2. The third-order valence-corrected chi connectivity index (χ3v) is 3.00. The van der Waals surface area contributed by atoms with E-state index in [1.165, 1.54) is 6.92 Å². The summed E-state index contributed by atoms with van der Waals surface area (Å²) in [6, 6.07) is 14.8. The van der Waals surface area contributed by atoms with Crippen molar-refractivity contribution in [1.82, 2.24) is 0 Å². The summed E-state index contributed by atoms with van der Waals surface area (Å²) in [5.41, 5.74) is 3.35. The summed E-state index contributed by atoms with van der Waals surface area (Å²) < 4.78 is 0. The second-order valence-corrected chi connectivity index (χ2v) is 4.85. The van der Waals surface area contributed by atoms with Gasteiger partial charge in [0.15, 0.2) is 5.78 Å². The van der Waals surface area contributed by atoms with Crippen molar-refractivity contribution in [3.05, 3.63) is 65.2 Å². The van der Waals surface area contributed by atoms with E-state index in [2.05, 4.69) is 5.32 Å². The Morgan fingerprint density at radius 3 is 2.50 bits per heavy atom. The van der Waals surface area contributed by atoms with E-state index in [9.17, 15) is 9.59 Å². The molecular weight excluding hydrogens is 250 g/mol. The molecule has 2 rings (SSSR count). The maximum absolute atomic E-state index is 12.0. The summed E-state index contributed by atoms with van der Waals surface area (Å²) in [7, 11) is 0. The average molecular weight is 267 g/mol. The van der Waals surface area contributed by atoms with Gasteiger partial charge in [0.1, 0.15) is 0 Å². The minimum Gasteiger partial charge on any atom is -0.326 e. The lowest BCUT2D eigenvalue weighted by Crippen LogP contribution is -2.14. The molecule has 0 saturated heterocycles. The topological polar surface area (TPSA) is 46.2 Å². The zero-order valence-corrected chi connectivity index (χ0v) is 11.6. The Labute approximate surface area is 118 Å². The number of ketones is 1. The molecule has 0 radical (unpaired) electrons. The lowest BCUT2D eigenvalue weighted by atomic mass is 10.1. The monoisotopic (exact) mass is 267 g/mol. The van der Waals surface area contributed by atoms with Crippen molar-refractivity contribution in [2.24, 2.45) is 0 Å². The minimum absolute atomic E-state index is 0.0141. The quantitative estimate of drug-likeness (QED) is 0.863. The second-order valence-electron chi connectivity index (χ2n) is 4.85. The normalized spacial score (nSPS) is 10.1. The summed E-state index contributed by atoms with van der Waals surface area (Å²) in [6.07, 6.45) is 0.325. The molecule has 0 fully saturated rings. The van der Waals surface area contributed by atoms with E-state index >= 15 is 0 Å². The van der Waals surface area contributed by atoms with Crippen molar-refractivity contribution >= 4 is 17.4 Å². The standard InChI is InChI=1S/C17H17NO2/c1-12-5-3-6-14(9-12)10-17(20)18-16-8-4-7-15(11-16)13(2)19/h3-9,11H,10H2,1-2H3,(H,18,20). The molecule has 0 aromatic heterocycles. The van der Waals surface area contributed by atoms with Gasteiger partial charge in [-0.1, -0.05) is 42.0 Å². The van der Waals surface area contributed by atoms with Crippen LogP contribution in [0.5, 0.6) is 0 Å². The van der Waals surface area contributed by atoms with E-state index in [1.807, 2.05) is 31.2 Å². The molecule has 0 spiro atoms. The maximum atomic E-state index is 12.0. The number of benzene rings is 2. The third-order valence-electron chi connectivity index (χ3n) is 3.00. The molecule has 0 heterocycles. The first-order valence-corrected chi connectivity index (χ1v) is 6.51. The zero-order chi connectivity index (χ0) is 14.5. The number of carbonyl (C=O) groups is 2. The van der Waals surface area contributed by atoms with Crippen molar-refractivity contribution in [3.63, 3.8) is 0 Å². The Morgan fingerprint density at radius 2 is 1.80 bits per heavy atom. The maximum Gasteiger partial charge on any atom is 0.228 e. The number of carbonyl (C=O) groups excluding carboxylic acids is 2. The zero-order valence-electron chi connectivity index (χ0n) is 11.6. The average Bonchev–Trinajstić information content (AvgIpc) is 2.38. The number of rotatable bonds is 4. The van der Waals surface area contributed by atoms with Crippen LogP contribution in [0.4, 0.5) is 5.69 Å². The first-order chi connectivity index (χ1) is 9.54. The fourth-order valence-electron chi connectivity index (χ4n) is 2.03. The molecule has 1 amide bonds. The summed E-state index contributed by atoms with van der Waals surface area (Å²) in [4.78, 5) is 23.3. The highest BCUT2D eigenvalue weighted by atomic mass is 16.1. The molecule has 102 valence electrons. The van der Waals surface area contributed by atoms with Crippen LogP contribution < -0.4 is 5.32 Å². The van der Waals surface area contributed by atoms with E-state index in [0.717, 1.165) is 11.1 Å². The Bertz CT molecular complexity index is 647. The number of aryl methyl sites for hydroxylation is 1.